The summed E-state index contributed by atoms with van der Waals surface area (Å²) in [6, 6.07) is 3.21. The first-order valence-corrected chi connectivity index (χ1v) is 10.5. The summed E-state index contributed by atoms with van der Waals surface area (Å²) in [5, 5.41) is 20.2. The molecule has 7 nitrogen and oxygen atoms in total. The highest BCUT2D eigenvalue weighted by atomic mass is 35.5. The summed E-state index contributed by atoms with van der Waals surface area (Å²) in [4.78, 5) is 27.6. The fourth-order valence-electron chi connectivity index (χ4n) is 4.07. The minimum atomic E-state index is -0.978. The molecule has 1 heterocycles. The van der Waals surface area contributed by atoms with E-state index in [0.717, 1.165) is 12.8 Å². The van der Waals surface area contributed by atoms with E-state index in [2.05, 4.69) is 0 Å². The number of benzene rings is 1. The highest BCUT2D eigenvalue weighted by Gasteiger charge is 2.42. The highest BCUT2D eigenvalue weighted by Crippen LogP contribution is 2.39. The van der Waals surface area contributed by atoms with Gasteiger partial charge in [-0.2, -0.15) is 0 Å². The van der Waals surface area contributed by atoms with Crippen molar-refractivity contribution in [3.63, 3.8) is 0 Å². The van der Waals surface area contributed by atoms with Gasteiger partial charge in [0.05, 0.1) is 29.3 Å². The van der Waals surface area contributed by atoms with Crippen LogP contribution in [0.1, 0.15) is 33.1 Å². The highest BCUT2D eigenvalue weighted by molar-refractivity contribution is 6.33. The summed E-state index contributed by atoms with van der Waals surface area (Å²) >= 11 is 6.18. The summed E-state index contributed by atoms with van der Waals surface area (Å²) < 4.78 is 13.7. The molecule has 1 aliphatic carbocycles. The molecule has 1 aliphatic heterocycles. The molecule has 1 amide bonds. The monoisotopic (exact) mass is 441 g/mol. The van der Waals surface area contributed by atoms with Gasteiger partial charge in [-0.15, -0.1) is 0 Å². The molecular weight excluding hydrogens is 413 g/mol. The summed E-state index contributed by atoms with van der Waals surface area (Å²) in [7, 11) is 0. The molecule has 1 aromatic carbocycles. The number of anilines is 1. The first kappa shape index (κ1) is 22.9. The van der Waals surface area contributed by atoms with Crippen molar-refractivity contribution in [2.45, 2.75) is 50.8 Å². The first-order valence-electron chi connectivity index (χ1n) is 10.2. The normalized spacial score (nSPS) is 22.6. The van der Waals surface area contributed by atoms with E-state index in [0.29, 0.717) is 10.7 Å². The minimum Gasteiger partial charge on any atom is -0.481 e. The predicted molar refractivity (Wildman–Crippen MR) is 112 cm³/mol. The van der Waals surface area contributed by atoms with E-state index < -0.39 is 35.4 Å². The minimum absolute atomic E-state index is 0.0330. The van der Waals surface area contributed by atoms with Crippen molar-refractivity contribution in [2.24, 2.45) is 17.6 Å². The quantitative estimate of drug-likeness (QED) is 0.570. The van der Waals surface area contributed by atoms with Gasteiger partial charge < -0.3 is 20.8 Å². The number of rotatable bonds is 8. The van der Waals surface area contributed by atoms with Crippen LogP contribution in [0.25, 0.3) is 0 Å². The van der Waals surface area contributed by atoms with Crippen molar-refractivity contribution in [3.8, 4) is 0 Å². The van der Waals surface area contributed by atoms with Crippen LogP contribution in [0.4, 0.5) is 10.1 Å². The molecule has 166 valence electrons. The van der Waals surface area contributed by atoms with Gasteiger partial charge in [-0.1, -0.05) is 11.6 Å². The van der Waals surface area contributed by atoms with Crippen LogP contribution in [0.2, 0.25) is 5.02 Å². The summed E-state index contributed by atoms with van der Waals surface area (Å²) in [6.07, 6.45) is 0.859. The molecule has 0 unspecified atom stereocenters. The van der Waals surface area contributed by atoms with Gasteiger partial charge in [-0.25, -0.2) is 4.39 Å². The summed E-state index contributed by atoms with van der Waals surface area (Å²) in [5.74, 6) is -2.10. The third-order valence-electron chi connectivity index (χ3n) is 6.16. The second-order valence-corrected chi connectivity index (χ2v) is 9.42. The number of carbonyl (C=O) groups is 2. The van der Waals surface area contributed by atoms with E-state index in [4.69, 9.17) is 17.3 Å². The third kappa shape index (κ3) is 5.11. The van der Waals surface area contributed by atoms with Gasteiger partial charge in [0.15, 0.2) is 0 Å². The third-order valence-corrected chi connectivity index (χ3v) is 6.48. The van der Waals surface area contributed by atoms with Crippen LogP contribution in [-0.4, -0.2) is 64.3 Å². The molecule has 3 atom stereocenters. The molecule has 0 bridgehead atoms. The Morgan fingerprint density at radius 2 is 2.07 bits per heavy atom. The number of amides is 1. The number of halogens is 2. The molecule has 0 spiro atoms. The first-order chi connectivity index (χ1) is 14.0. The predicted octanol–water partition coefficient (Wildman–Crippen LogP) is 2.10. The zero-order valence-electron chi connectivity index (χ0n) is 17.2. The maximum atomic E-state index is 13.7. The maximum Gasteiger partial charge on any atom is 0.306 e. The van der Waals surface area contributed by atoms with Crippen LogP contribution in [0.5, 0.6) is 0 Å². The standard InChI is InChI=1S/C21H29ClFN3O4/c1-21(2)11-26(17-7-13(23)5-6-15(17)22)19(28)10-25(21)9-16(24)18(27)8-14(20(29)30)12-3-4-12/h5-7,12,14,16,18,27H,3-4,8-11,24H2,1-2H3,(H,29,30)/t14-,16-,18-/m0/s1. The second kappa shape index (κ2) is 8.78. The number of piperazine rings is 1. The average Bonchev–Trinajstić information content (AvgIpc) is 3.49. The van der Waals surface area contributed by atoms with Gasteiger partial charge in [0.1, 0.15) is 5.82 Å². The van der Waals surface area contributed by atoms with E-state index >= 15 is 0 Å². The molecule has 2 fully saturated rings. The lowest BCUT2D eigenvalue weighted by Crippen LogP contribution is -2.64. The number of carboxylic acids is 1. The van der Waals surface area contributed by atoms with Crippen molar-refractivity contribution < 1.29 is 24.2 Å². The largest absolute Gasteiger partial charge is 0.481 e. The number of hydrogen-bond acceptors (Lipinski definition) is 5. The van der Waals surface area contributed by atoms with Crippen LogP contribution < -0.4 is 10.6 Å². The van der Waals surface area contributed by atoms with Crippen molar-refractivity contribution in [2.75, 3.05) is 24.5 Å². The average molecular weight is 442 g/mol. The van der Waals surface area contributed by atoms with Crippen molar-refractivity contribution in [1.29, 1.82) is 0 Å². The molecule has 1 saturated heterocycles. The van der Waals surface area contributed by atoms with Gasteiger partial charge in [0, 0.05) is 24.7 Å². The molecular formula is C21H29ClFN3O4. The Bertz CT molecular complexity index is 817. The number of nitrogens with zero attached hydrogens (tertiary/aromatic N) is 2. The van der Waals surface area contributed by atoms with E-state index in [-0.39, 0.29) is 37.9 Å². The lowest BCUT2D eigenvalue weighted by atomic mass is 9.91. The number of aliphatic hydroxyl groups excluding tert-OH is 1. The number of hydrogen-bond donors (Lipinski definition) is 3. The van der Waals surface area contributed by atoms with Gasteiger partial charge in [-0.05, 0) is 57.2 Å². The van der Waals surface area contributed by atoms with Crippen molar-refractivity contribution in [3.05, 3.63) is 29.0 Å². The molecule has 2 aliphatic rings. The molecule has 1 aromatic rings. The van der Waals surface area contributed by atoms with E-state index in [1.807, 2.05) is 18.7 Å². The SMILES string of the molecule is CC1(C)CN(c2cc(F)ccc2Cl)C(=O)CN1C[C@H](N)[C@@H](O)C[C@H](C(=O)O)C1CC1. The topological polar surface area (TPSA) is 107 Å². The Kier molecular flexibility index (Phi) is 6.72. The van der Waals surface area contributed by atoms with Crippen LogP contribution >= 0.6 is 11.6 Å². The fraction of sp³-hybridized carbons (Fsp3) is 0.619. The lowest BCUT2D eigenvalue weighted by Gasteiger charge is -2.47. The fourth-order valence-corrected chi connectivity index (χ4v) is 4.29. The number of aliphatic carboxylic acids is 1. The summed E-state index contributed by atoms with van der Waals surface area (Å²) in [6.45, 7) is 4.41. The molecule has 1 saturated carbocycles. The van der Waals surface area contributed by atoms with Gasteiger partial charge in [0.25, 0.3) is 0 Å². The molecule has 3 rings (SSSR count). The van der Waals surface area contributed by atoms with Gasteiger partial charge in [0.2, 0.25) is 5.91 Å². The molecule has 0 radical (unpaired) electrons. The van der Waals surface area contributed by atoms with E-state index in [1.54, 1.807) is 0 Å². The summed E-state index contributed by atoms with van der Waals surface area (Å²) in [5.41, 5.74) is 6.01. The molecule has 9 heteroatoms. The zero-order chi connectivity index (χ0) is 22.2. The Morgan fingerprint density at radius 1 is 1.40 bits per heavy atom. The zero-order valence-corrected chi connectivity index (χ0v) is 18.0. The number of carbonyl (C=O) groups excluding carboxylic acids is 1. The van der Waals surface area contributed by atoms with Crippen LogP contribution in [0.3, 0.4) is 0 Å². The van der Waals surface area contributed by atoms with Crippen molar-refractivity contribution in [1.82, 2.24) is 4.90 Å². The van der Waals surface area contributed by atoms with Gasteiger partial charge in [-0.3, -0.25) is 14.5 Å². The van der Waals surface area contributed by atoms with Crippen LogP contribution in [0.15, 0.2) is 18.2 Å². The number of nitrogens with two attached hydrogens (primary N) is 1. The maximum absolute atomic E-state index is 13.7. The molecule has 30 heavy (non-hydrogen) atoms. The smallest absolute Gasteiger partial charge is 0.306 e. The Labute approximate surface area is 180 Å². The Balaban J connectivity index is 1.66. The molecule has 4 N–H and O–H groups in total. The number of carboxylic acid groups (broad SMARTS) is 1. The van der Waals surface area contributed by atoms with Crippen LogP contribution in [0, 0.1) is 17.7 Å². The van der Waals surface area contributed by atoms with Crippen molar-refractivity contribution >= 4 is 29.2 Å². The lowest BCUT2D eigenvalue weighted by molar-refractivity contribution is -0.143. The number of aliphatic hydroxyl groups is 1. The van der Waals surface area contributed by atoms with Gasteiger partial charge >= 0.3 is 5.97 Å². The Hall–Kier alpha value is -1.74. The van der Waals surface area contributed by atoms with E-state index in [1.165, 1.54) is 23.1 Å². The second-order valence-electron chi connectivity index (χ2n) is 9.02. The Morgan fingerprint density at radius 3 is 2.67 bits per heavy atom. The van der Waals surface area contributed by atoms with Crippen LogP contribution in [-0.2, 0) is 9.59 Å². The molecule has 0 aromatic heterocycles. The van der Waals surface area contributed by atoms with E-state index in [9.17, 15) is 24.2 Å².